The first-order valence-corrected chi connectivity index (χ1v) is 13.8. The van der Waals surface area contributed by atoms with E-state index in [1.807, 2.05) is 11.8 Å². The number of rotatable bonds is 19. The van der Waals surface area contributed by atoms with E-state index in [0.717, 1.165) is 37.9 Å². The van der Waals surface area contributed by atoms with Gasteiger partial charge in [0.25, 0.3) is 3.91 Å². The van der Waals surface area contributed by atoms with Gasteiger partial charge in [-0.25, -0.2) is 4.79 Å². The fourth-order valence-electron chi connectivity index (χ4n) is 3.67. The van der Waals surface area contributed by atoms with Gasteiger partial charge in [0.15, 0.2) is 0 Å². The molecule has 0 unspecified atom stereocenters. The minimum Gasteiger partial charge on any atom is -0.379 e. The third kappa shape index (κ3) is 13.0. The van der Waals surface area contributed by atoms with Crippen LogP contribution in [0.3, 0.4) is 0 Å². The first-order valence-electron chi connectivity index (χ1n) is 11.7. The number of thioether (sulfide) groups is 1. The van der Waals surface area contributed by atoms with Crippen LogP contribution in [0.5, 0.6) is 0 Å². The van der Waals surface area contributed by atoms with Crippen molar-refractivity contribution in [3.05, 3.63) is 0 Å². The maximum Gasteiger partial charge on any atom is 0.315 e. The molecule has 0 aromatic heterocycles. The van der Waals surface area contributed by atoms with Gasteiger partial charge in [0, 0.05) is 66.3 Å². The Morgan fingerprint density at radius 1 is 0.909 bits per heavy atom. The first-order chi connectivity index (χ1) is 16.1. The molecule has 2 aliphatic heterocycles. The molecule has 10 nitrogen and oxygen atoms in total. The summed E-state index contributed by atoms with van der Waals surface area (Å²) in [6.45, 7) is 4.50. The molecule has 0 aromatic carbocycles. The summed E-state index contributed by atoms with van der Waals surface area (Å²) in [6, 6.07) is 0.446. The van der Waals surface area contributed by atoms with Crippen LogP contribution in [-0.4, -0.2) is 91.7 Å². The van der Waals surface area contributed by atoms with Crippen LogP contribution in [0.1, 0.15) is 38.5 Å². The number of hydrogen-bond donors (Lipinski definition) is 4. The van der Waals surface area contributed by atoms with Crippen LogP contribution < -0.4 is 21.3 Å². The highest BCUT2D eigenvalue weighted by molar-refractivity contribution is 14.1. The summed E-state index contributed by atoms with van der Waals surface area (Å²) < 4.78 is 16.3. The van der Waals surface area contributed by atoms with Crippen LogP contribution in [0.2, 0.25) is 0 Å². The smallest absolute Gasteiger partial charge is 0.315 e. The Morgan fingerprint density at radius 3 is 2.21 bits per heavy atom. The predicted octanol–water partition coefficient (Wildman–Crippen LogP) is 1.80. The Morgan fingerprint density at radius 2 is 1.55 bits per heavy atom. The van der Waals surface area contributed by atoms with Gasteiger partial charge < -0.3 is 35.5 Å². The molecule has 2 fully saturated rings. The number of urea groups is 1. The topological polar surface area (TPSA) is 127 Å². The number of amides is 4. The zero-order valence-electron chi connectivity index (χ0n) is 19.1. The van der Waals surface area contributed by atoms with E-state index in [2.05, 4.69) is 21.3 Å². The number of carbonyl (C=O) groups excluding carboxylic acids is 3. The standard InChI is InChI=1S/C21H37IN4O6S/c22-20(28)24-8-4-10-31-12-14-32-13-11-30-9-3-7-23-18(27)6-2-1-5-17-19-16(15-33-17)25-21(29)26-19/h16-17,19H,1-15H2,(H,23,27)(H,24,28)(H2,25,26,29)/t16-,17-,19-/m0/s1. The fraction of sp³-hybridized carbons (Fsp3) is 0.857. The molecular weight excluding hydrogens is 563 g/mol. The van der Waals surface area contributed by atoms with Crippen molar-refractivity contribution in [1.82, 2.24) is 21.3 Å². The quantitative estimate of drug-likeness (QED) is 0.0586. The van der Waals surface area contributed by atoms with Crippen LogP contribution >= 0.6 is 34.4 Å². The van der Waals surface area contributed by atoms with Gasteiger partial charge in [-0.3, -0.25) is 9.59 Å². The summed E-state index contributed by atoms with van der Waals surface area (Å²) in [5, 5.41) is 12.0. The monoisotopic (exact) mass is 600 g/mol. The normalized spacial score (nSPS) is 21.4. The Bertz CT molecular complexity index is 603. The lowest BCUT2D eigenvalue weighted by atomic mass is 10.0. The van der Waals surface area contributed by atoms with Crippen molar-refractivity contribution in [1.29, 1.82) is 0 Å². The van der Waals surface area contributed by atoms with E-state index in [9.17, 15) is 14.4 Å². The van der Waals surface area contributed by atoms with Crippen molar-refractivity contribution in [2.24, 2.45) is 0 Å². The van der Waals surface area contributed by atoms with Crippen molar-refractivity contribution in [3.8, 4) is 0 Å². The molecule has 0 aromatic rings. The molecule has 0 aliphatic carbocycles. The van der Waals surface area contributed by atoms with Gasteiger partial charge >= 0.3 is 6.03 Å². The molecule has 3 atom stereocenters. The second-order valence-electron chi connectivity index (χ2n) is 7.96. The minimum absolute atomic E-state index is 0.0524. The number of halogens is 1. The van der Waals surface area contributed by atoms with Gasteiger partial charge in [0.1, 0.15) is 0 Å². The van der Waals surface area contributed by atoms with Crippen molar-refractivity contribution in [2.45, 2.75) is 55.9 Å². The van der Waals surface area contributed by atoms with E-state index in [-0.39, 0.29) is 27.9 Å². The maximum atomic E-state index is 11.9. The van der Waals surface area contributed by atoms with Crippen LogP contribution in [0.15, 0.2) is 0 Å². The van der Waals surface area contributed by atoms with E-state index in [1.54, 1.807) is 22.6 Å². The van der Waals surface area contributed by atoms with Crippen molar-refractivity contribution < 1.29 is 28.6 Å². The summed E-state index contributed by atoms with van der Waals surface area (Å²) in [5.41, 5.74) is 0. The molecule has 4 N–H and O–H groups in total. The summed E-state index contributed by atoms with van der Waals surface area (Å²) in [4.78, 5) is 34.0. The van der Waals surface area contributed by atoms with E-state index in [1.165, 1.54) is 0 Å². The molecule has 2 rings (SSSR count). The number of ether oxygens (including phenoxy) is 3. The molecule has 0 radical (unpaired) electrons. The fourth-order valence-corrected chi connectivity index (χ4v) is 5.48. The number of fused-ring (bicyclic) bond motifs is 1. The second kappa shape index (κ2) is 17.6. The molecule has 12 heteroatoms. The Hall–Kier alpha value is -0.830. The van der Waals surface area contributed by atoms with E-state index in [0.29, 0.717) is 64.4 Å². The highest BCUT2D eigenvalue weighted by Gasteiger charge is 2.42. The number of hydrogen-bond acceptors (Lipinski definition) is 7. The van der Waals surface area contributed by atoms with E-state index in [4.69, 9.17) is 14.2 Å². The molecule has 33 heavy (non-hydrogen) atoms. The predicted molar refractivity (Wildman–Crippen MR) is 136 cm³/mol. The lowest BCUT2D eigenvalue weighted by Crippen LogP contribution is -2.36. The molecule has 2 saturated heterocycles. The summed E-state index contributed by atoms with van der Waals surface area (Å²) in [6.07, 6.45) is 5.00. The van der Waals surface area contributed by atoms with Crippen molar-refractivity contribution in [2.75, 3.05) is 58.5 Å². The summed E-state index contributed by atoms with van der Waals surface area (Å²) >= 11 is 3.62. The second-order valence-corrected chi connectivity index (χ2v) is 10.2. The summed E-state index contributed by atoms with van der Waals surface area (Å²) in [5.74, 6) is 1.06. The van der Waals surface area contributed by atoms with Gasteiger partial charge in [-0.05, 0) is 25.7 Å². The Kier molecular flexibility index (Phi) is 15.1. The zero-order valence-corrected chi connectivity index (χ0v) is 22.0. The summed E-state index contributed by atoms with van der Waals surface area (Å²) in [7, 11) is 0. The molecular formula is C21H37IN4O6S. The lowest BCUT2D eigenvalue weighted by molar-refractivity contribution is -0.121. The molecule has 2 aliphatic rings. The highest BCUT2D eigenvalue weighted by atomic mass is 127. The zero-order chi connectivity index (χ0) is 23.7. The largest absolute Gasteiger partial charge is 0.379 e. The van der Waals surface area contributed by atoms with Gasteiger partial charge in [-0.2, -0.15) is 11.8 Å². The number of nitrogens with one attached hydrogen (secondary N) is 4. The van der Waals surface area contributed by atoms with Crippen LogP contribution in [-0.2, 0) is 19.0 Å². The Labute approximate surface area is 213 Å². The molecule has 0 bridgehead atoms. The van der Waals surface area contributed by atoms with Gasteiger partial charge in [-0.15, -0.1) is 0 Å². The van der Waals surface area contributed by atoms with E-state index < -0.39 is 0 Å². The molecule has 0 saturated carbocycles. The first kappa shape index (κ1) is 28.4. The molecule has 4 amide bonds. The average Bonchev–Trinajstić information content (AvgIpc) is 3.33. The van der Waals surface area contributed by atoms with Gasteiger partial charge in [0.05, 0.1) is 38.5 Å². The van der Waals surface area contributed by atoms with E-state index >= 15 is 0 Å². The SMILES string of the molecule is O=C(I)NCCCOCCOCCOCCCNC(=O)CCCC[C@@H]1SC[C@@H]2NC(=O)N[C@@H]21. The molecule has 2 heterocycles. The lowest BCUT2D eigenvalue weighted by Gasteiger charge is -2.16. The Balaban J connectivity index is 1.28. The van der Waals surface area contributed by atoms with Crippen LogP contribution in [0.4, 0.5) is 9.59 Å². The third-order valence-corrected chi connectivity index (χ3v) is 7.23. The van der Waals surface area contributed by atoms with Crippen molar-refractivity contribution in [3.63, 3.8) is 0 Å². The van der Waals surface area contributed by atoms with Gasteiger partial charge in [0.2, 0.25) is 5.91 Å². The molecule has 190 valence electrons. The number of unbranched alkanes of at least 4 members (excludes halogenated alkanes) is 1. The van der Waals surface area contributed by atoms with Crippen LogP contribution in [0.25, 0.3) is 0 Å². The average molecular weight is 601 g/mol. The third-order valence-electron chi connectivity index (χ3n) is 5.34. The minimum atomic E-state index is -0.0541. The van der Waals surface area contributed by atoms with Crippen LogP contribution in [0, 0.1) is 0 Å². The van der Waals surface area contributed by atoms with Gasteiger partial charge in [-0.1, -0.05) is 6.42 Å². The number of carbonyl (C=O) groups is 3. The molecule has 0 spiro atoms. The maximum absolute atomic E-state index is 11.9. The highest BCUT2D eigenvalue weighted by Crippen LogP contribution is 2.33. The van der Waals surface area contributed by atoms with Crippen molar-refractivity contribution >= 4 is 50.2 Å².